The molecule has 0 aliphatic heterocycles. The van der Waals surface area contributed by atoms with Gasteiger partial charge in [0.2, 0.25) is 0 Å². The van der Waals surface area contributed by atoms with Crippen molar-refractivity contribution < 1.29 is 0 Å². The van der Waals surface area contributed by atoms with Gasteiger partial charge in [-0.1, -0.05) is 158 Å². The number of aromatic nitrogens is 4. The number of para-hydroxylation sites is 2. The van der Waals surface area contributed by atoms with Crippen LogP contribution < -0.4 is 0 Å². The van der Waals surface area contributed by atoms with E-state index in [-0.39, 0.29) is 0 Å². The smallest absolute Gasteiger partial charge is 0.160 e. The van der Waals surface area contributed by atoms with Gasteiger partial charge < -0.3 is 4.57 Å². The second-order valence-corrected chi connectivity index (χ2v) is 13.7. The largest absolute Gasteiger partial charge is 0.309 e. The lowest BCUT2D eigenvalue weighted by Crippen LogP contribution is -1.96. The summed E-state index contributed by atoms with van der Waals surface area (Å²) < 4.78 is 2.36. The predicted molar refractivity (Wildman–Crippen MR) is 227 cm³/mol. The van der Waals surface area contributed by atoms with E-state index < -0.39 is 0 Å². The average Bonchev–Trinajstić information content (AvgIpc) is 3.61. The quantitative estimate of drug-likeness (QED) is 0.166. The standard InChI is InChI=1S/C51H34N4/c1-3-10-35(11-4-1)36-17-23-39(24-18-36)47-33-48(54-51(53-47)41-27-21-38(22-28-41)43-12-9-31-52-34-43)40-25-19-37(20-26-40)42-29-30-46-45-15-7-8-16-49(45)55(50(46)32-42)44-13-5-2-6-14-44/h1-34H. The number of hydrogen-bond donors (Lipinski definition) is 0. The van der Waals surface area contributed by atoms with Crippen LogP contribution in [0.25, 0.3) is 94.8 Å². The van der Waals surface area contributed by atoms with Gasteiger partial charge in [0, 0.05) is 45.5 Å². The van der Waals surface area contributed by atoms with E-state index in [1.54, 1.807) is 6.20 Å². The average molecular weight is 703 g/mol. The lowest BCUT2D eigenvalue weighted by molar-refractivity contribution is 1.18. The summed E-state index contributed by atoms with van der Waals surface area (Å²) in [6.45, 7) is 0. The van der Waals surface area contributed by atoms with Crippen molar-refractivity contribution in [3.63, 3.8) is 0 Å². The third-order valence-corrected chi connectivity index (χ3v) is 10.4. The summed E-state index contributed by atoms with van der Waals surface area (Å²) in [7, 11) is 0. The van der Waals surface area contributed by atoms with Gasteiger partial charge in [0.1, 0.15) is 0 Å². The minimum absolute atomic E-state index is 0.681. The monoisotopic (exact) mass is 702 g/mol. The minimum Gasteiger partial charge on any atom is -0.309 e. The van der Waals surface area contributed by atoms with Gasteiger partial charge in [-0.15, -0.1) is 0 Å². The highest BCUT2D eigenvalue weighted by Gasteiger charge is 2.15. The van der Waals surface area contributed by atoms with Crippen LogP contribution >= 0.6 is 0 Å². The SMILES string of the molecule is c1ccc(-c2ccc(-c3cc(-c4ccc(-c5ccc6c7ccccc7n(-c7ccccc7)c6c5)cc4)nc(-c4ccc(-c5cccnc5)cc4)n3)cc2)cc1. The molecule has 3 heterocycles. The molecule has 0 saturated carbocycles. The molecule has 0 aliphatic carbocycles. The van der Waals surface area contributed by atoms with Crippen LogP contribution in [0.2, 0.25) is 0 Å². The molecule has 0 spiro atoms. The fraction of sp³-hybridized carbons (Fsp3) is 0. The highest BCUT2D eigenvalue weighted by Crippen LogP contribution is 2.36. The molecule has 0 amide bonds. The molecule has 258 valence electrons. The molecule has 3 aromatic heterocycles. The van der Waals surface area contributed by atoms with Gasteiger partial charge in [0.25, 0.3) is 0 Å². The van der Waals surface area contributed by atoms with Gasteiger partial charge in [-0.2, -0.15) is 0 Å². The van der Waals surface area contributed by atoms with Gasteiger partial charge in [0.15, 0.2) is 5.82 Å². The van der Waals surface area contributed by atoms with Crippen molar-refractivity contribution in [2.45, 2.75) is 0 Å². The van der Waals surface area contributed by atoms with E-state index in [0.29, 0.717) is 5.82 Å². The zero-order valence-electron chi connectivity index (χ0n) is 29.9. The van der Waals surface area contributed by atoms with Crippen molar-refractivity contribution in [2.24, 2.45) is 0 Å². The first-order chi connectivity index (χ1) is 27.2. The summed E-state index contributed by atoms with van der Waals surface area (Å²) in [6.07, 6.45) is 3.68. The third kappa shape index (κ3) is 6.16. The summed E-state index contributed by atoms with van der Waals surface area (Å²) in [5, 5.41) is 2.49. The predicted octanol–water partition coefficient (Wildman–Crippen LogP) is 13.0. The Morgan fingerprint density at radius 1 is 0.327 bits per heavy atom. The molecule has 4 nitrogen and oxygen atoms in total. The van der Waals surface area contributed by atoms with Crippen molar-refractivity contribution in [3.05, 3.63) is 207 Å². The number of fused-ring (bicyclic) bond motifs is 3. The summed E-state index contributed by atoms with van der Waals surface area (Å²) in [5.74, 6) is 0.681. The fourth-order valence-corrected chi connectivity index (χ4v) is 7.52. The Bertz CT molecular complexity index is 2820. The molecule has 10 rings (SSSR count). The van der Waals surface area contributed by atoms with E-state index in [1.807, 2.05) is 18.3 Å². The van der Waals surface area contributed by atoms with Crippen molar-refractivity contribution in [1.29, 1.82) is 0 Å². The molecule has 0 fully saturated rings. The van der Waals surface area contributed by atoms with Crippen LogP contribution in [0.1, 0.15) is 0 Å². The fourth-order valence-electron chi connectivity index (χ4n) is 7.52. The number of rotatable bonds is 7. The van der Waals surface area contributed by atoms with Gasteiger partial charge >= 0.3 is 0 Å². The number of nitrogens with zero attached hydrogens (tertiary/aromatic N) is 4. The molecular weight excluding hydrogens is 669 g/mol. The van der Waals surface area contributed by atoms with E-state index in [1.165, 1.54) is 32.9 Å². The molecule has 4 heteroatoms. The maximum absolute atomic E-state index is 5.15. The first-order valence-corrected chi connectivity index (χ1v) is 18.5. The van der Waals surface area contributed by atoms with Crippen molar-refractivity contribution in [3.8, 4) is 73.0 Å². The van der Waals surface area contributed by atoms with E-state index >= 15 is 0 Å². The number of pyridine rings is 1. The first kappa shape index (κ1) is 32.2. The van der Waals surface area contributed by atoms with Gasteiger partial charge in [-0.05, 0) is 69.8 Å². The molecule has 0 bridgehead atoms. The van der Waals surface area contributed by atoms with E-state index in [2.05, 4.69) is 192 Å². The summed E-state index contributed by atoms with van der Waals surface area (Å²) in [5.41, 5.74) is 15.1. The van der Waals surface area contributed by atoms with Gasteiger partial charge in [0.05, 0.1) is 22.4 Å². The van der Waals surface area contributed by atoms with E-state index in [4.69, 9.17) is 9.97 Å². The molecule has 0 saturated heterocycles. The Morgan fingerprint density at radius 2 is 0.818 bits per heavy atom. The summed E-state index contributed by atoms with van der Waals surface area (Å²) in [4.78, 5) is 14.6. The highest BCUT2D eigenvalue weighted by atomic mass is 15.0. The molecule has 0 radical (unpaired) electrons. The Hall–Kier alpha value is -7.43. The summed E-state index contributed by atoms with van der Waals surface area (Å²) in [6, 6.07) is 68.4. The van der Waals surface area contributed by atoms with Gasteiger partial charge in [-0.25, -0.2) is 9.97 Å². The van der Waals surface area contributed by atoms with E-state index in [9.17, 15) is 0 Å². The normalized spacial score (nSPS) is 11.3. The third-order valence-electron chi connectivity index (χ3n) is 10.4. The van der Waals surface area contributed by atoms with Gasteiger partial charge in [-0.3, -0.25) is 4.98 Å². The number of hydrogen-bond acceptors (Lipinski definition) is 3. The van der Waals surface area contributed by atoms with Crippen LogP contribution in [0.15, 0.2) is 207 Å². The van der Waals surface area contributed by atoms with Crippen LogP contribution in [0.5, 0.6) is 0 Å². The molecule has 0 atom stereocenters. The van der Waals surface area contributed by atoms with Crippen LogP contribution in [0, 0.1) is 0 Å². The highest BCUT2D eigenvalue weighted by molar-refractivity contribution is 6.10. The lowest BCUT2D eigenvalue weighted by atomic mass is 9.99. The first-order valence-electron chi connectivity index (χ1n) is 18.5. The Labute approximate surface area is 319 Å². The molecule has 55 heavy (non-hydrogen) atoms. The van der Waals surface area contributed by atoms with Crippen LogP contribution in [0.3, 0.4) is 0 Å². The second kappa shape index (κ2) is 13.8. The Kier molecular flexibility index (Phi) is 8.12. The molecule has 10 aromatic rings. The molecular formula is C51H34N4. The maximum Gasteiger partial charge on any atom is 0.160 e. The van der Waals surface area contributed by atoms with E-state index in [0.717, 1.165) is 56.0 Å². The Balaban J connectivity index is 1.04. The second-order valence-electron chi connectivity index (χ2n) is 13.7. The molecule has 7 aromatic carbocycles. The minimum atomic E-state index is 0.681. The zero-order chi connectivity index (χ0) is 36.6. The zero-order valence-corrected chi connectivity index (χ0v) is 29.9. The molecule has 0 N–H and O–H groups in total. The number of benzene rings is 7. The maximum atomic E-state index is 5.15. The Morgan fingerprint density at radius 3 is 1.47 bits per heavy atom. The molecule has 0 unspecified atom stereocenters. The van der Waals surface area contributed by atoms with Crippen molar-refractivity contribution in [1.82, 2.24) is 19.5 Å². The van der Waals surface area contributed by atoms with Crippen LogP contribution in [0.4, 0.5) is 0 Å². The summed E-state index contributed by atoms with van der Waals surface area (Å²) >= 11 is 0. The van der Waals surface area contributed by atoms with Crippen LogP contribution in [-0.2, 0) is 0 Å². The lowest BCUT2D eigenvalue weighted by Gasteiger charge is -2.12. The van der Waals surface area contributed by atoms with Crippen molar-refractivity contribution >= 4 is 21.8 Å². The van der Waals surface area contributed by atoms with Crippen molar-refractivity contribution in [2.75, 3.05) is 0 Å². The van der Waals surface area contributed by atoms with Crippen LogP contribution in [-0.4, -0.2) is 19.5 Å². The molecule has 0 aliphatic rings. The topological polar surface area (TPSA) is 43.6 Å².